The molecule has 15 heteroatoms. The number of rotatable bonds is 8. The zero-order valence-corrected chi connectivity index (χ0v) is 63.8. The van der Waals surface area contributed by atoms with E-state index >= 15 is 0 Å². The molecule has 0 amide bonds. The number of carbonyl (C=O) groups excluding carboxylic acids is 1. The van der Waals surface area contributed by atoms with Crippen LogP contribution in [0.15, 0.2) is 219 Å². The fourth-order valence-corrected chi connectivity index (χ4v) is 9.23. The van der Waals surface area contributed by atoms with Gasteiger partial charge in [0, 0.05) is 139 Å². The van der Waals surface area contributed by atoms with Crippen LogP contribution in [0.1, 0.15) is 79.0 Å². The Morgan fingerprint density at radius 3 is 1.27 bits per heavy atom. The molecule has 0 saturated carbocycles. The van der Waals surface area contributed by atoms with Crippen LogP contribution in [-0.4, -0.2) is 44.5 Å². The summed E-state index contributed by atoms with van der Waals surface area (Å²) in [4.78, 5) is 29.3. The van der Waals surface area contributed by atoms with E-state index in [0.29, 0.717) is 5.56 Å². The second kappa shape index (κ2) is 35.9. The molecule has 0 aliphatic rings. The fraction of sp³-hybridized carbons (Fsp3) is 0.203. The Labute approximate surface area is 604 Å². The number of aliphatic hydroxyl groups is 1. The van der Waals surface area contributed by atoms with Gasteiger partial charge in [-0.3, -0.25) is 9.18 Å². The van der Waals surface area contributed by atoms with Gasteiger partial charge in [-0.15, -0.1) is 119 Å². The average molecular weight is 1970 g/mol. The largest absolute Gasteiger partial charge is 0.540 e. The van der Waals surface area contributed by atoms with Crippen LogP contribution in [0.5, 0.6) is 11.5 Å². The number of nitrogens with zero attached hydrogens (tertiary/aromatic N) is 4. The van der Waals surface area contributed by atoms with Gasteiger partial charge >= 0.3 is 6.61 Å². The molecule has 4 heterocycles. The first-order valence-corrected chi connectivity index (χ1v) is 29.4. The molecule has 0 fully saturated rings. The number of allylic oxidation sites excluding steroid dienone is 2. The summed E-state index contributed by atoms with van der Waals surface area (Å²) in [5.74, 6) is 0.760. The van der Waals surface area contributed by atoms with Crippen molar-refractivity contribution in [1.82, 2.24) is 19.9 Å². The third kappa shape index (κ3) is 21.6. The van der Waals surface area contributed by atoms with Gasteiger partial charge in [-0.25, -0.2) is 0 Å². The predicted molar refractivity (Wildman–Crippen MR) is 360 cm³/mol. The van der Waals surface area contributed by atoms with Crippen LogP contribution in [-0.2, 0) is 90.6 Å². The number of hydrogen-bond acceptors (Lipinski definition) is 8. The van der Waals surface area contributed by atoms with Gasteiger partial charge in [0.1, 0.15) is 5.76 Å². The molecule has 0 saturated heterocycles. The zero-order valence-electron chi connectivity index (χ0n) is 54.2. The van der Waals surface area contributed by atoms with Crippen molar-refractivity contribution in [3.8, 4) is 56.5 Å². The summed E-state index contributed by atoms with van der Waals surface area (Å²) in [6.07, 6.45) is 8.52. The van der Waals surface area contributed by atoms with E-state index in [1.807, 2.05) is 145 Å². The molecule has 94 heavy (non-hydrogen) atoms. The topological polar surface area (TPSA) is 107 Å². The molecule has 0 bridgehead atoms. The van der Waals surface area contributed by atoms with E-state index in [1.165, 1.54) is 51.6 Å². The number of alkyl halides is 2. The van der Waals surface area contributed by atoms with E-state index in [4.69, 9.17) is 4.74 Å². The zero-order chi connectivity index (χ0) is 64.8. The fourth-order valence-electron chi connectivity index (χ4n) is 9.23. The minimum Gasteiger partial charge on any atom is -0.540 e. The number of ketones is 1. The van der Waals surface area contributed by atoms with Crippen molar-refractivity contribution in [3.63, 3.8) is 0 Å². The molecule has 12 aromatic rings. The van der Waals surface area contributed by atoms with E-state index in [0.717, 1.165) is 77.7 Å². The quantitative estimate of drug-likeness (QED) is 0.0911. The molecular weight excluding hydrogens is 1890 g/mol. The number of aliphatic hydroxyl groups excluding tert-OH is 1. The van der Waals surface area contributed by atoms with Crippen LogP contribution in [0.2, 0.25) is 0 Å². The van der Waals surface area contributed by atoms with Crippen molar-refractivity contribution < 1.29 is 113 Å². The summed E-state index contributed by atoms with van der Waals surface area (Å²) in [5.41, 5.74) is 9.70. The third-order valence-corrected chi connectivity index (χ3v) is 14.5. The van der Waals surface area contributed by atoms with Crippen molar-refractivity contribution in [2.75, 3.05) is 7.11 Å². The number of carbonyl (C=O) groups is 1. The van der Waals surface area contributed by atoms with Gasteiger partial charge in [-0.2, -0.15) is 8.78 Å². The number of fused-ring (bicyclic) bond motifs is 4. The SMILES string of the molecule is CC(C)(C)C(=O)C=C(O)C(C)(C)C.CC(C)(C)c1c[c-]c(-c2nccc3ccccc23)cc1.COc1c[c-]c(-c2nccc3ccc(C)cc23)cc1.Cc1cc(-c2nccc3ccccc23)[c-]cc1F.FC(F)Oc1c[c-]c(-c2nccc3ccccc23)cc1.[Ir].[Ir].[Ir].[Ir]. The van der Waals surface area contributed by atoms with E-state index in [1.54, 1.807) is 38.6 Å². The van der Waals surface area contributed by atoms with Crippen LogP contribution in [0.25, 0.3) is 88.1 Å². The summed E-state index contributed by atoms with van der Waals surface area (Å²) < 4.78 is 47.0. The van der Waals surface area contributed by atoms with Gasteiger partial charge in [0.25, 0.3) is 0 Å². The van der Waals surface area contributed by atoms with E-state index in [9.17, 15) is 23.1 Å². The second-order valence-corrected chi connectivity index (χ2v) is 24.5. The smallest absolute Gasteiger partial charge is 0.379 e. The van der Waals surface area contributed by atoms with Crippen molar-refractivity contribution in [2.24, 2.45) is 10.8 Å². The van der Waals surface area contributed by atoms with Crippen molar-refractivity contribution >= 4 is 48.9 Å². The van der Waals surface area contributed by atoms with Gasteiger partial charge < -0.3 is 34.5 Å². The number of aryl methyl sites for hydroxylation is 2. The number of aromatic nitrogens is 4. The molecule has 1 N–H and O–H groups in total. The Hall–Kier alpha value is -7.40. The molecule has 0 atom stereocenters. The van der Waals surface area contributed by atoms with Gasteiger partial charge in [-0.1, -0.05) is 171 Å². The van der Waals surface area contributed by atoms with Gasteiger partial charge in [0.15, 0.2) is 5.78 Å². The normalized spacial score (nSPS) is 11.0. The first kappa shape index (κ1) is 79.0. The molecule has 0 aliphatic carbocycles. The van der Waals surface area contributed by atoms with Crippen molar-refractivity contribution in [1.29, 1.82) is 0 Å². The minimum atomic E-state index is -2.83. The Balaban J connectivity index is 0.000000249. The molecule has 8 nitrogen and oxygen atoms in total. The van der Waals surface area contributed by atoms with Crippen LogP contribution in [0, 0.1) is 54.8 Å². The molecule has 0 aliphatic heterocycles. The van der Waals surface area contributed by atoms with Crippen LogP contribution < -0.4 is 9.47 Å². The Bertz CT molecular complexity index is 4420. The number of ether oxygens (including phenoxy) is 2. The molecule has 4 radical (unpaired) electrons. The summed E-state index contributed by atoms with van der Waals surface area (Å²) in [5, 5.41) is 18.5. The summed E-state index contributed by atoms with van der Waals surface area (Å²) in [7, 11) is 1.66. The first-order valence-electron chi connectivity index (χ1n) is 29.4. The van der Waals surface area contributed by atoms with Crippen LogP contribution in [0.3, 0.4) is 0 Å². The number of benzene rings is 8. The molecule has 494 valence electrons. The standard InChI is InChI=1S/C19H18N.C17H14NO.C16H10F2NO.C16H11FN.C11H20O2.4Ir/c1-19(2,3)16-10-8-15(9-11-16)18-17-7-5-4-6-14(17)12-13-20-18;1-12-3-4-13-9-10-18-17(16(13)11-12)14-5-7-15(19-2)8-6-14;17-16(18)20-13-7-5-12(6-8-13)15-14-4-2-1-3-11(14)9-10-19-15;1-11-10-13(6-7-15(11)17)16-14-5-3-2-4-12(14)8-9-18-16;1-10(2,3)8(12)7-9(13)11(4,5)6;;;;/h4-8,10-13H,1-3H3;3-5,7-11H,1-2H3;1-5,7-10,16H;2-5,7-10H,1H3;7,12H,1-6H3;;;;/q4*-1;;;;;. The average Bonchev–Trinajstić information content (AvgIpc) is 0.917. The number of pyridine rings is 4. The Kier molecular flexibility index (Phi) is 30.2. The maximum absolute atomic E-state index is 13.3. The van der Waals surface area contributed by atoms with Crippen molar-refractivity contribution in [3.05, 3.63) is 265 Å². The molecule has 8 aromatic carbocycles. The van der Waals surface area contributed by atoms with Crippen molar-refractivity contribution in [2.45, 2.75) is 88.2 Å². The third-order valence-electron chi connectivity index (χ3n) is 14.5. The number of halogens is 3. The van der Waals surface area contributed by atoms with Gasteiger partial charge in [0.05, 0.1) is 7.11 Å². The monoisotopic (exact) mass is 1970 g/mol. The first-order chi connectivity index (χ1) is 42.9. The summed E-state index contributed by atoms with van der Waals surface area (Å²) >= 11 is 0. The molecule has 12 rings (SSSR count). The molecule has 4 aromatic heterocycles. The minimum absolute atomic E-state index is 0. The molecular formula is C79H73F3Ir4N4O4-4. The Morgan fingerprint density at radius 1 is 0.479 bits per heavy atom. The van der Waals surface area contributed by atoms with Gasteiger partial charge in [0.2, 0.25) is 0 Å². The maximum atomic E-state index is 13.3. The van der Waals surface area contributed by atoms with E-state index in [-0.39, 0.29) is 114 Å². The summed E-state index contributed by atoms with van der Waals surface area (Å²) in [6.45, 7) is 18.8. The van der Waals surface area contributed by atoms with Crippen LogP contribution >= 0.6 is 0 Å². The Morgan fingerprint density at radius 2 is 0.883 bits per heavy atom. The maximum Gasteiger partial charge on any atom is 0.379 e. The van der Waals surface area contributed by atoms with Gasteiger partial charge in [-0.05, 0) is 102 Å². The molecule has 0 spiro atoms. The summed E-state index contributed by atoms with van der Waals surface area (Å²) in [6, 6.07) is 70.9. The second-order valence-electron chi connectivity index (χ2n) is 24.5. The molecule has 0 unspecified atom stereocenters. The predicted octanol–water partition coefficient (Wildman–Crippen LogP) is 20.6. The van der Waals surface area contributed by atoms with E-state index < -0.39 is 12.0 Å². The number of methoxy groups -OCH3 is 1. The number of hydrogen-bond donors (Lipinski definition) is 1. The van der Waals surface area contributed by atoms with Crippen LogP contribution in [0.4, 0.5) is 13.2 Å². The van der Waals surface area contributed by atoms with E-state index in [2.05, 4.69) is 137 Å².